The van der Waals surface area contributed by atoms with Crippen molar-refractivity contribution >= 4 is 11.3 Å². The fourth-order valence-electron chi connectivity index (χ4n) is 1.62. The minimum Gasteiger partial charge on any atom is -0.385 e. The second kappa shape index (κ2) is 7.79. The molecule has 0 aromatic carbocycles. The zero-order chi connectivity index (χ0) is 11.8. The summed E-state index contributed by atoms with van der Waals surface area (Å²) >= 11 is 1.69. The Morgan fingerprint density at radius 2 is 2.19 bits per heavy atom. The molecule has 0 amide bonds. The van der Waals surface area contributed by atoms with Crippen LogP contribution in [-0.2, 0) is 11.3 Å². The Labute approximate surface area is 102 Å². The van der Waals surface area contributed by atoms with Gasteiger partial charge in [-0.1, -0.05) is 6.07 Å². The van der Waals surface area contributed by atoms with E-state index in [-0.39, 0.29) is 6.10 Å². The van der Waals surface area contributed by atoms with E-state index in [1.54, 1.807) is 11.3 Å². The van der Waals surface area contributed by atoms with Gasteiger partial charge in [-0.3, -0.25) is 0 Å². The molecule has 0 aliphatic heterocycles. The third kappa shape index (κ3) is 5.07. The molecule has 0 fully saturated rings. The summed E-state index contributed by atoms with van der Waals surface area (Å²) in [5.74, 6) is 0. The van der Waals surface area contributed by atoms with Gasteiger partial charge in [0.2, 0.25) is 0 Å². The monoisotopic (exact) mass is 244 g/mol. The lowest BCUT2D eigenvalue weighted by atomic mass is 10.3. The number of hydrogen-bond acceptors (Lipinski definition) is 3. The van der Waals surface area contributed by atoms with Crippen LogP contribution in [0, 0.1) is 0 Å². The first-order valence-corrected chi connectivity index (χ1v) is 6.76. The summed E-state index contributed by atoms with van der Waals surface area (Å²) in [5, 5.41) is 11.8. The highest BCUT2D eigenvalue weighted by molar-refractivity contribution is 7.09. The van der Waals surface area contributed by atoms with E-state index in [0.717, 1.165) is 19.6 Å². The minimum atomic E-state index is -0.352. The lowest BCUT2D eigenvalue weighted by Gasteiger charge is -2.19. The van der Waals surface area contributed by atoms with E-state index in [9.17, 15) is 5.11 Å². The third-order valence-electron chi connectivity index (χ3n) is 2.66. The van der Waals surface area contributed by atoms with E-state index in [1.807, 2.05) is 17.5 Å². The molecule has 16 heavy (non-hydrogen) atoms. The smallest absolute Gasteiger partial charge is 0.126 e. The van der Waals surface area contributed by atoms with Gasteiger partial charge in [0.05, 0.1) is 26.3 Å². The minimum absolute atomic E-state index is 0.352. The Morgan fingerprint density at radius 3 is 2.75 bits per heavy atom. The number of hydrogen-bond donors (Lipinski definition) is 2. The molecule has 0 bridgehead atoms. The van der Waals surface area contributed by atoms with Gasteiger partial charge < -0.3 is 14.7 Å². The SMILES string of the molecule is CC[NH+](CC)C[C@@H](O)COCc1cccs1. The molecule has 0 aliphatic rings. The molecule has 0 radical (unpaired) electrons. The molecular formula is C12H22NO2S+. The first-order valence-electron chi connectivity index (χ1n) is 5.88. The molecule has 0 saturated heterocycles. The van der Waals surface area contributed by atoms with Crippen LogP contribution in [-0.4, -0.2) is 37.5 Å². The number of rotatable bonds is 8. The highest BCUT2D eigenvalue weighted by Crippen LogP contribution is 2.09. The maximum absolute atomic E-state index is 9.77. The largest absolute Gasteiger partial charge is 0.385 e. The molecule has 1 rings (SSSR count). The average molecular weight is 244 g/mol. The maximum atomic E-state index is 9.77. The van der Waals surface area contributed by atoms with E-state index in [2.05, 4.69) is 13.8 Å². The van der Waals surface area contributed by atoms with Crippen molar-refractivity contribution in [1.29, 1.82) is 0 Å². The van der Waals surface area contributed by atoms with Crippen molar-refractivity contribution < 1.29 is 14.7 Å². The maximum Gasteiger partial charge on any atom is 0.126 e. The molecule has 1 aromatic heterocycles. The van der Waals surface area contributed by atoms with Crippen molar-refractivity contribution in [1.82, 2.24) is 0 Å². The number of thiophene rings is 1. The number of aliphatic hydroxyl groups excluding tert-OH is 1. The number of aliphatic hydroxyl groups is 1. The number of ether oxygens (including phenoxy) is 1. The lowest BCUT2D eigenvalue weighted by Crippen LogP contribution is -3.12. The molecule has 0 aliphatic carbocycles. The van der Waals surface area contributed by atoms with Crippen LogP contribution in [0.3, 0.4) is 0 Å². The molecule has 1 heterocycles. The summed E-state index contributed by atoms with van der Waals surface area (Å²) in [4.78, 5) is 2.62. The van der Waals surface area contributed by atoms with Crippen molar-refractivity contribution in [3.05, 3.63) is 22.4 Å². The summed E-state index contributed by atoms with van der Waals surface area (Å²) in [5.41, 5.74) is 0. The predicted octanol–water partition coefficient (Wildman–Crippen LogP) is 0.550. The van der Waals surface area contributed by atoms with E-state index < -0.39 is 0 Å². The Balaban J connectivity index is 2.12. The summed E-state index contributed by atoms with van der Waals surface area (Å²) in [7, 11) is 0. The Hall–Kier alpha value is -0.420. The van der Waals surface area contributed by atoms with Crippen LogP contribution in [0.1, 0.15) is 18.7 Å². The van der Waals surface area contributed by atoms with Crippen LogP contribution in [0.25, 0.3) is 0 Å². The van der Waals surface area contributed by atoms with Crippen LogP contribution in [0.2, 0.25) is 0 Å². The molecule has 0 spiro atoms. The molecule has 3 nitrogen and oxygen atoms in total. The molecule has 1 aromatic rings. The first kappa shape index (κ1) is 13.6. The van der Waals surface area contributed by atoms with Gasteiger partial charge in [-0.05, 0) is 25.3 Å². The highest BCUT2D eigenvalue weighted by Gasteiger charge is 2.11. The van der Waals surface area contributed by atoms with Gasteiger partial charge in [0.15, 0.2) is 0 Å². The number of likely N-dealkylation sites (N-methyl/N-ethyl adjacent to an activating group) is 1. The van der Waals surface area contributed by atoms with Crippen LogP contribution in [0.5, 0.6) is 0 Å². The molecule has 0 unspecified atom stereocenters. The van der Waals surface area contributed by atoms with Crippen LogP contribution < -0.4 is 4.90 Å². The molecule has 1 atom stereocenters. The predicted molar refractivity (Wildman–Crippen MR) is 66.9 cm³/mol. The molecule has 2 N–H and O–H groups in total. The van der Waals surface area contributed by atoms with Crippen molar-refractivity contribution in [2.24, 2.45) is 0 Å². The van der Waals surface area contributed by atoms with Gasteiger partial charge in [-0.2, -0.15) is 0 Å². The van der Waals surface area contributed by atoms with E-state index in [4.69, 9.17) is 4.74 Å². The number of nitrogens with one attached hydrogen (secondary N) is 1. The second-order valence-corrected chi connectivity index (χ2v) is 4.94. The van der Waals surface area contributed by atoms with Crippen molar-refractivity contribution in [2.45, 2.75) is 26.6 Å². The van der Waals surface area contributed by atoms with Crippen molar-refractivity contribution in [2.75, 3.05) is 26.2 Å². The fourth-order valence-corrected chi connectivity index (χ4v) is 2.26. The van der Waals surface area contributed by atoms with E-state index >= 15 is 0 Å². The van der Waals surface area contributed by atoms with Gasteiger partial charge in [0, 0.05) is 4.88 Å². The first-order chi connectivity index (χ1) is 7.76. The lowest BCUT2D eigenvalue weighted by molar-refractivity contribution is -0.899. The van der Waals surface area contributed by atoms with E-state index in [1.165, 1.54) is 9.78 Å². The summed E-state index contributed by atoms with van der Waals surface area (Å²) in [6.07, 6.45) is -0.352. The Kier molecular flexibility index (Phi) is 6.64. The van der Waals surface area contributed by atoms with Crippen molar-refractivity contribution in [3.63, 3.8) is 0 Å². The van der Waals surface area contributed by atoms with Gasteiger partial charge in [0.1, 0.15) is 12.6 Å². The topological polar surface area (TPSA) is 33.9 Å². The van der Waals surface area contributed by atoms with Gasteiger partial charge >= 0.3 is 0 Å². The van der Waals surface area contributed by atoms with E-state index in [0.29, 0.717) is 13.2 Å². The normalized spacial score (nSPS) is 13.2. The quantitative estimate of drug-likeness (QED) is 0.700. The highest BCUT2D eigenvalue weighted by atomic mass is 32.1. The zero-order valence-corrected chi connectivity index (χ0v) is 10.9. The zero-order valence-electron chi connectivity index (χ0n) is 10.1. The second-order valence-electron chi connectivity index (χ2n) is 3.91. The summed E-state index contributed by atoms with van der Waals surface area (Å²) in [6.45, 7) is 8.20. The van der Waals surface area contributed by atoms with Gasteiger partial charge in [-0.25, -0.2) is 0 Å². The van der Waals surface area contributed by atoms with Gasteiger partial charge in [0.25, 0.3) is 0 Å². The molecular weight excluding hydrogens is 222 g/mol. The van der Waals surface area contributed by atoms with Crippen LogP contribution >= 0.6 is 11.3 Å². The van der Waals surface area contributed by atoms with Gasteiger partial charge in [-0.15, -0.1) is 11.3 Å². The summed E-state index contributed by atoms with van der Waals surface area (Å²) < 4.78 is 5.48. The standard InChI is InChI=1S/C12H21NO2S/c1-3-13(4-2)8-11(14)9-15-10-12-6-5-7-16-12/h5-7,11,14H,3-4,8-10H2,1-2H3/p+1/t11-/m1/s1. The number of quaternary nitrogens is 1. The van der Waals surface area contributed by atoms with Crippen molar-refractivity contribution in [3.8, 4) is 0 Å². The molecule has 92 valence electrons. The Bertz CT molecular complexity index is 260. The fraction of sp³-hybridized carbons (Fsp3) is 0.667. The summed E-state index contributed by atoms with van der Waals surface area (Å²) in [6, 6.07) is 4.06. The molecule has 0 saturated carbocycles. The van der Waals surface area contributed by atoms with Crippen LogP contribution in [0.4, 0.5) is 0 Å². The average Bonchev–Trinajstić information content (AvgIpc) is 2.79. The van der Waals surface area contributed by atoms with Crippen LogP contribution in [0.15, 0.2) is 17.5 Å². The molecule has 4 heteroatoms. The Morgan fingerprint density at radius 1 is 1.44 bits per heavy atom. The third-order valence-corrected chi connectivity index (χ3v) is 3.51.